The number of nitrogens with zero attached hydrogens (tertiary/aromatic N) is 6. The van der Waals surface area contributed by atoms with E-state index in [2.05, 4.69) is 29.9 Å². The van der Waals surface area contributed by atoms with Gasteiger partial charge < -0.3 is 38.6 Å². The van der Waals surface area contributed by atoms with E-state index in [1.807, 2.05) is 0 Å². The third-order valence-electron chi connectivity index (χ3n) is 9.19. The van der Waals surface area contributed by atoms with E-state index in [1.165, 1.54) is 160 Å². The number of phenolic OH excluding ortho intramolecular Hbond substituents is 2. The summed E-state index contributed by atoms with van der Waals surface area (Å²) in [5.74, 6) is -1.50. The van der Waals surface area contributed by atoms with Crippen LogP contribution in [0, 0.1) is 0 Å². The molecular formula is C44H32N6O14S3. The molecule has 2 N–H and O–H groups in total. The number of methoxy groups -OCH3 is 2. The number of phenols is 2. The van der Waals surface area contributed by atoms with Crippen molar-refractivity contribution in [1.82, 2.24) is 29.9 Å². The van der Waals surface area contributed by atoms with Crippen molar-refractivity contribution >= 4 is 29.5 Å². The SMILES string of the molecule is COc1nc(Oc2ccc(S(=O)(=O)c3ccccc3Oc3nc(OC)nc(Oc4ccccc4S(=O)(=O)c4ccccc4O)n3)cc2)nc(Oc2ccccc2S(=O)(=O)c2ccccc2O)n1. The van der Waals surface area contributed by atoms with Gasteiger partial charge in [0, 0.05) is 0 Å². The highest BCUT2D eigenvalue weighted by molar-refractivity contribution is 7.92. The van der Waals surface area contributed by atoms with Crippen LogP contribution in [0.2, 0.25) is 0 Å². The Bertz CT molecular complexity index is 3490. The van der Waals surface area contributed by atoms with Gasteiger partial charge in [0.1, 0.15) is 59.0 Å². The second-order valence-corrected chi connectivity index (χ2v) is 19.1. The van der Waals surface area contributed by atoms with Gasteiger partial charge in [0.05, 0.1) is 19.1 Å². The summed E-state index contributed by atoms with van der Waals surface area (Å²) in [4.78, 5) is 22.6. The van der Waals surface area contributed by atoms with Crippen LogP contribution >= 0.6 is 0 Å². The zero-order valence-electron chi connectivity index (χ0n) is 34.6. The van der Waals surface area contributed by atoms with Gasteiger partial charge in [0.15, 0.2) is 0 Å². The van der Waals surface area contributed by atoms with Gasteiger partial charge in [-0.15, -0.1) is 29.9 Å². The molecule has 20 nitrogen and oxygen atoms in total. The van der Waals surface area contributed by atoms with Gasteiger partial charge >= 0.3 is 36.1 Å². The summed E-state index contributed by atoms with van der Waals surface area (Å²) < 4.78 is 116. The molecule has 0 saturated carbocycles. The number of para-hydroxylation sites is 5. The molecule has 67 heavy (non-hydrogen) atoms. The summed E-state index contributed by atoms with van der Waals surface area (Å²) >= 11 is 0. The fraction of sp³-hybridized carbons (Fsp3) is 0.0455. The minimum atomic E-state index is -4.34. The Morgan fingerprint density at radius 3 is 1.00 bits per heavy atom. The molecule has 0 fully saturated rings. The average Bonchev–Trinajstić information content (AvgIpc) is 3.32. The number of aromatic hydroxyl groups is 2. The van der Waals surface area contributed by atoms with Gasteiger partial charge in [0.2, 0.25) is 29.5 Å². The van der Waals surface area contributed by atoms with Crippen molar-refractivity contribution in [3.63, 3.8) is 0 Å². The molecule has 8 aromatic rings. The standard InChI is InChI=1S/C44H32N6O14S3/c1-59-39-45-41(49-42(46-39)63-32-16-6-11-21-37(32)66(55,56)34-18-8-3-13-29(34)51)61-27-23-25-28(26-24-27)65(53,54)36-20-10-5-15-31(36)62-43-47-40(60-2)48-44(50-43)64-33-17-7-12-22-38(33)67(57,58)35-19-9-4-14-30(35)52/h3-26,51-52H,1-2H3. The van der Waals surface area contributed by atoms with Crippen molar-refractivity contribution in [3.05, 3.63) is 146 Å². The summed E-state index contributed by atoms with van der Waals surface area (Å²) in [6.45, 7) is 0. The number of ether oxygens (including phenoxy) is 6. The summed E-state index contributed by atoms with van der Waals surface area (Å²) in [6.07, 6.45) is 0. The van der Waals surface area contributed by atoms with Crippen molar-refractivity contribution in [3.8, 4) is 70.6 Å². The second-order valence-electron chi connectivity index (χ2n) is 13.4. The Labute approximate surface area is 381 Å². The van der Waals surface area contributed by atoms with Crippen LogP contribution < -0.4 is 28.4 Å². The van der Waals surface area contributed by atoms with Crippen LogP contribution in [0.5, 0.6) is 70.6 Å². The molecule has 0 aliphatic heterocycles. The van der Waals surface area contributed by atoms with Crippen LogP contribution in [0.1, 0.15) is 0 Å². The summed E-state index contributed by atoms with van der Waals surface area (Å²) in [7, 11) is -10.4. The maximum absolute atomic E-state index is 14.1. The molecule has 0 saturated heterocycles. The Hall–Kier alpha value is -8.41. The molecule has 0 bridgehead atoms. The van der Waals surface area contributed by atoms with Crippen LogP contribution in [0.15, 0.2) is 175 Å². The summed E-state index contributed by atoms with van der Waals surface area (Å²) in [5, 5.41) is 20.6. The lowest BCUT2D eigenvalue weighted by atomic mass is 10.3. The number of hydrogen-bond donors (Lipinski definition) is 2. The van der Waals surface area contributed by atoms with Gasteiger partial charge in [-0.05, 0) is 84.9 Å². The minimum Gasteiger partial charge on any atom is -0.507 e. The first-order valence-electron chi connectivity index (χ1n) is 19.2. The molecule has 2 heterocycles. The normalized spacial score (nSPS) is 11.6. The van der Waals surface area contributed by atoms with E-state index < -0.39 is 59.0 Å². The Morgan fingerprint density at radius 2 is 0.642 bits per heavy atom. The van der Waals surface area contributed by atoms with Crippen LogP contribution in [0.4, 0.5) is 0 Å². The molecule has 0 atom stereocenters. The minimum absolute atomic E-state index is 0.0602. The predicted molar refractivity (Wildman–Crippen MR) is 231 cm³/mol. The predicted octanol–water partition coefficient (Wildman–Crippen LogP) is 7.15. The fourth-order valence-corrected chi connectivity index (χ4v) is 10.4. The molecule has 2 aromatic heterocycles. The fourth-order valence-electron chi connectivity index (χ4n) is 6.10. The monoisotopic (exact) mass is 964 g/mol. The maximum Gasteiger partial charge on any atom is 0.331 e. The zero-order valence-corrected chi connectivity index (χ0v) is 37.0. The summed E-state index contributed by atoms with van der Waals surface area (Å²) in [5.41, 5.74) is 0. The van der Waals surface area contributed by atoms with E-state index >= 15 is 0 Å². The van der Waals surface area contributed by atoms with Crippen molar-refractivity contribution < 1.29 is 63.9 Å². The molecule has 340 valence electrons. The number of rotatable bonds is 16. The molecule has 0 radical (unpaired) electrons. The lowest BCUT2D eigenvalue weighted by Crippen LogP contribution is -2.07. The van der Waals surface area contributed by atoms with Crippen LogP contribution in [-0.4, -0.2) is 79.6 Å². The molecule has 0 aliphatic rings. The molecule has 23 heteroatoms. The van der Waals surface area contributed by atoms with Gasteiger partial charge in [-0.2, -0.15) is 0 Å². The lowest BCUT2D eigenvalue weighted by Gasteiger charge is -2.14. The third-order valence-corrected chi connectivity index (χ3v) is 14.7. The average molecular weight is 965 g/mol. The van der Waals surface area contributed by atoms with Crippen molar-refractivity contribution in [2.45, 2.75) is 29.4 Å². The van der Waals surface area contributed by atoms with Gasteiger partial charge in [-0.25, -0.2) is 25.3 Å². The summed E-state index contributed by atoms with van der Waals surface area (Å²) in [6, 6.07) is 30.4. The Kier molecular flexibility index (Phi) is 12.5. The zero-order chi connectivity index (χ0) is 47.3. The largest absolute Gasteiger partial charge is 0.507 e. The highest BCUT2D eigenvalue weighted by Crippen LogP contribution is 2.38. The first-order valence-corrected chi connectivity index (χ1v) is 23.6. The van der Waals surface area contributed by atoms with Crippen molar-refractivity contribution in [2.75, 3.05) is 14.2 Å². The number of aromatic nitrogens is 6. The van der Waals surface area contributed by atoms with Gasteiger partial charge in [0.25, 0.3) is 0 Å². The van der Waals surface area contributed by atoms with E-state index in [0.29, 0.717) is 0 Å². The number of sulfone groups is 3. The first kappa shape index (κ1) is 45.2. The third kappa shape index (κ3) is 9.54. The molecular weight excluding hydrogens is 933 g/mol. The quantitative estimate of drug-likeness (QED) is 0.0972. The second kappa shape index (κ2) is 18.6. The lowest BCUT2D eigenvalue weighted by molar-refractivity contribution is 0.333. The van der Waals surface area contributed by atoms with E-state index in [1.54, 1.807) is 0 Å². The van der Waals surface area contributed by atoms with Gasteiger partial charge in [-0.1, -0.05) is 60.7 Å². The van der Waals surface area contributed by atoms with Crippen LogP contribution in [0.3, 0.4) is 0 Å². The molecule has 0 amide bonds. The highest BCUT2D eigenvalue weighted by atomic mass is 32.2. The van der Waals surface area contributed by atoms with E-state index in [0.717, 1.165) is 0 Å². The van der Waals surface area contributed by atoms with Crippen molar-refractivity contribution in [1.29, 1.82) is 0 Å². The van der Waals surface area contributed by atoms with Crippen LogP contribution in [0.25, 0.3) is 0 Å². The topological polar surface area (TPSA) is 276 Å². The Morgan fingerprint density at radius 1 is 0.343 bits per heavy atom. The molecule has 0 aliphatic carbocycles. The molecule has 8 rings (SSSR count). The highest BCUT2D eigenvalue weighted by Gasteiger charge is 2.29. The first-order chi connectivity index (χ1) is 32.2. The number of hydrogen-bond acceptors (Lipinski definition) is 20. The van der Waals surface area contributed by atoms with E-state index in [4.69, 9.17) is 28.4 Å². The van der Waals surface area contributed by atoms with Crippen LogP contribution in [-0.2, 0) is 29.5 Å². The smallest absolute Gasteiger partial charge is 0.331 e. The van der Waals surface area contributed by atoms with E-state index in [9.17, 15) is 35.5 Å². The number of benzene rings is 6. The maximum atomic E-state index is 14.1. The van der Waals surface area contributed by atoms with Crippen molar-refractivity contribution in [2.24, 2.45) is 0 Å². The van der Waals surface area contributed by atoms with E-state index in [-0.39, 0.29) is 70.4 Å². The van der Waals surface area contributed by atoms with Gasteiger partial charge in [-0.3, -0.25) is 0 Å². The molecule has 6 aromatic carbocycles. The molecule has 0 unspecified atom stereocenters. The molecule has 0 spiro atoms. The Balaban J connectivity index is 1.02.